The Labute approximate surface area is 109 Å². The lowest BCUT2D eigenvalue weighted by atomic mass is 10.5. The highest BCUT2D eigenvalue weighted by Gasteiger charge is 2.55. The van der Waals surface area contributed by atoms with Crippen LogP contribution in [-0.4, -0.2) is 61.4 Å². The third-order valence-electron chi connectivity index (χ3n) is 2.89. The zero-order chi connectivity index (χ0) is 13.2. The summed E-state index contributed by atoms with van der Waals surface area (Å²) in [7, 11) is 10.3. The minimum Gasteiger partial charge on any atom is -0.351 e. The van der Waals surface area contributed by atoms with E-state index in [1.165, 1.54) is 0 Å². The summed E-state index contributed by atoms with van der Waals surface area (Å²) in [4.78, 5) is 1.02. The molecule has 0 aliphatic heterocycles. The van der Waals surface area contributed by atoms with Gasteiger partial charge in [0.2, 0.25) is 5.85 Å². The van der Waals surface area contributed by atoms with E-state index in [9.17, 15) is 5.11 Å². The van der Waals surface area contributed by atoms with Crippen LogP contribution in [0.3, 0.4) is 0 Å². The predicted molar refractivity (Wildman–Crippen MR) is 77.3 cm³/mol. The molecule has 0 bridgehead atoms. The van der Waals surface area contributed by atoms with Crippen molar-refractivity contribution in [2.75, 3.05) is 42.3 Å². The van der Waals surface area contributed by atoms with E-state index in [-0.39, 0.29) is 0 Å². The van der Waals surface area contributed by atoms with Gasteiger partial charge in [-0.2, -0.15) is 14.0 Å². The second-order valence-electron chi connectivity index (χ2n) is 4.55. The van der Waals surface area contributed by atoms with Crippen LogP contribution < -0.4 is 0 Å². The quantitative estimate of drug-likeness (QED) is 0.835. The van der Waals surface area contributed by atoms with Crippen LogP contribution in [0.4, 0.5) is 0 Å². The van der Waals surface area contributed by atoms with Crippen LogP contribution in [0.25, 0.3) is 0 Å². The number of hydrogen-bond donors (Lipinski definition) is 1. The first kappa shape index (κ1) is 15.0. The zero-order valence-electron chi connectivity index (χ0n) is 11.5. The Hall–Kier alpha value is -0.0300. The summed E-state index contributed by atoms with van der Waals surface area (Å²) in [5.41, 5.74) is 0. The molecule has 0 saturated heterocycles. The highest BCUT2D eigenvalue weighted by molar-refractivity contribution is 7.69. The van der Waals surface area contributed by atoms with E-state index >= 15 is 0 Å². The molecule has 0 aliphatic rings. The third-order valence-corrected chi connectivity index (χ3v) is 8.46. The van der Waals surface area contributed by atoms with Crippen LogP contribution in [0.15, 0.2) is 17.5 Å². The smallest absolute Gasteiger partial charge is 0.261 e. The molecule has 1 heterocycles. The van der Waals surface area contributed by atoms with Crippen molar-refractivity contribution in [1.82, 2.24) is 14.0 Å². The number of nitrogens with zero attached hydrogens (tertiary/aromatic N) is 3. The standard InChI is InChI=1S/C11H23N3OPS/c1-12(2)16(13(3)4,14(5)6)11(15)10-8-7-9-17-10/h7-9,11,15H,1-6H3/q+1. The SMILES string of the molecule is CN(C)[P+](C(O)c1cccs1)(N(C)C)N(C)C. The molecule has 1 N–H and O–H groups in total. The van der Waals surface area contributed by atoms with Crippen molar-refractivity contribution in [1.29, 1.82) is 0 Å². The molecule has 0 amide bonds. The summed E-state index contributed by atoms with van der Waals surface area (Å²) in [6, 6.07) is 3.99. The van der Waals surface area contributed by atoms with Gasteiger partial charge in [0.25, 0.3) is 7.71 Å². The van der Waals surface area contributed by atoms with E-state index in [1.54, 1.807) is 11.3 Å². The van der Waals surface area contributed by atoms with Crippen molar-refractivity contribution in [3.63, 3.8) is 0 Å². The Bertz CT molecular complexity index is 319. The van der Waals surface area contributed by atoms with Gasteiger partial charge in [-0.3, -0.25) is 0 Å². The normalized spacial score (nSPS) is 14.9. The summed E-state index contributed by atoms with van der Waals surface area (Å²) >= 11 is 1.61. The van der Waals surface area contributed by atoms with Crippen molar-refractivity contribution in [3.05, 3.63) is 22.4 Å². The highest BCUT2D eigenvalue weighted by Crippen LogP contribution is 2.72. The second-order valence-corrected chi connectivity index (χ2v) is 9.64. The van der Waals surface area contributed by atoms with Crippen molar-refractivity contribution >= 4 is 19.1 Å². The van der Waals surface area contributed by atoms with Gasteiger partial charge < -0.3 is 5.11 Å². The van der Waals surface area contributed by atoms with Gasteiger partial charge in [0.15, 0.2) is 0 Å². The molecule has 0 aliphatic carbocycles. The first-order valence-electron chi connectivity index (χ1n) is 5.48. The van der Waals surface area contributed by atoms with Gasteiger partial charge in [-0.25, -0.2) is 0 Å². The van der Waals surface area contributed by atoms with Crippen molar-refractivity contribution < 1.29 is 5.11 Å². The molecule has 0 aromatic carbocycles. The minimum absolute atomic E-state index is 0.470. The lowest BCUT2D eigenvalue weighted by molar-refractivity contribution is 0.230. The largest absolute Gasteiger partial charge is 0.351 e. The molecule has 98 valence electrons. The van der Waals surface area contributed by atoms with E-state index in [4.69, 9.17) is 0 Å². The molecule has 1 aromatic heterocycles. The fraction of sp³-hybridized carbons (Fsp3) is 0.636. The van der Waals surface area contributed by atoms with Gasteiger partial charge in [-0.05, 0) is 11.4 Å². The Morgan fingerprint density at radius 2 is 1.53 bits per heavy atom. The maximum absolute atomic E-state index is 10.8. The summed E-state index contributed by atoms with van der Waals surface area (Å²) in [6.07, 6.45) is 0. The van der Waals surface area contributed by atoms with Crippen molar-refractivity contribution in [2.45, 2.75) is 5.85 Å². The average Bonchev–Trinajstić information content (AvgIpc) is 2.68. The van der Waals surface area contributed by atoms with Crippen molar-refractivity contribution in [2.24, 2.45) is 0 Å². The molecule has 4 nitrogen and oxygen atoms in total. The van der Waals surface area contributed by atoms with Crippen LogP contribution in [-0.2, 0) is 0 Å². The first-order chi connectivity index (χ1) is 7.85. The number of hydrogen-bond acceptors (Lipinski definition) is 5. The van der Waals surface area contributed by atoms with Crippen LogP contribution in [0.1, 0.15) is 10.7 Å². The minimum atomic E-state index is -1.93. The summed E-state index contributed by atoms with van der Waals surface area (Å²) in [6.45, 7) is 0. The Balaban J connectivity index is 3.22. The fourth-order valence-corrected chi connectivity index (χ4v) is 7.43. The van der Waals surface area contributed by atoms with Crippen LogP contribution >= 0.6 is 19.1 Å². The van der Waals surface area contributed by atoms with Gasteiger partial charge in [0.1, 0.15) is 0 Å². The van der Waals surface area contributed by atoms with Gasteiger partial charge in [-0.15, -0.1) is 11.3 Å². The van der Waals surface area contributed by atoms with Gasteiger partial charge in [-0.1, -0.05) is 6.07 Å². The van der Waals surface area contributed by atoms with Gasteiger partial charge in [0.05, 0.1) is 4.88 Å². The van der Waals surface area contributed by atoms with E-state index in [0.717, 1.165) is 4.88 Å². The fourth-order valence-electron chi connectivity index (χ4n) is 2.34. The van der Waals surface area contributed by atoms with Crippen LogP contribution in [0.2, 0.25) is 0 Å². The Morgan fingerprint density at radius 1 is 1.06 bits per heavy atom. The monoisotopic (exact) mass is 276 g/mol. The number of thiophene rings is 1. The van der Waals surface area contributed by atoms with E-state index in [2.05, 4.69) is 14.0 Å². The van der Waals surface area contributed by atoms with Crippen LogP contribution in [0, 0.1) is 0 Å². The second kappa shape index (κ2) is 5.74. The third kappa shape index (κ3) is 2.55. The lowest BCUT2D eigenvalue weighted by Crippen LogP contribution is -2.39. The number of aliphatic hydroxyl groups excluding tert-OH is 1. The van der Waals surface area contributed by atoms with Gasteiger partial charge in [0, 0.05) is 42.3 Å². The lowest BCUT2D eigenvalue weighted by Gasteiger charge is -2.42. The molecule has 1 atom stereocenters. The molecule has 17 heavy (non-hydrogen) atoms. The van der Waals surface area contributed by atoms with Gasteiger partial charge >= 0.3 is 0 Å². The maximum atomic E-state index is 10.8. The van der Waals surface area contributed by atoms with E-state index in [0.29, 0.717) is 0 Å². The Morgan fingerprint density at radius 3 is 1.82 bits per heavy atom. The molecule has 0 radical (unpaired) electrons. The molecule has 6 heteroatoms. The number of aliphatic hydroxyl groups is 1. The highest BCUT2D eigenvalue weighted by atomic mass is 32.1. The number of rotatable bonds is 5. The van der Waals surface area contributed by atoms with Crippen molar-refractivity contribution in [3.8, 4) is 0 Å². The molecule has 0 spiro atoms. The summed E-state index contributed by atoms with van der Waals surface area (Å²) in [5.74, 6) is -0.470. The Kier molecular flexibility index (Phi) is 5.07. The predicted octanol–water partition coefficient (Wildman–Crippen LogP) is 2.19. The molecule has 0 fully saturated rings. The zero-order valence-corrected chi connectivity index (χ0v) is 13.2. The maximum Gasteiger partial charge on any atom is 0.261 e. The van der Waals surface area contributed by atoms with Crippen LogP contribution in [0.5, 0.6) is 0 Å². The van der Waals surface area contributed by atoms with E-state index < -0.39 is 13.6 Å². The molecule has 1 aromatic rings. The summed E-state index contributed by atoms with van der Waals surface area (Å²) in [5, 5.41) is 12.8. The average molecular weight is 276 g/mol. The van der Waals surface area contributed by atoms with E-state index in [1.807, 2.05) is 59.8 Å². The molecule has 1 unspecified atom stereocenters. The molecular formula is C11H23N3OPS+. The molecular weight excluding hydrogens is 253 g/mol. The first-order valence-corrected chi connectivity index (χ1v) is 8.08. The molecule has 1 rings (SSSR count). The molecule has 0 saturated carbocycles. The summed E-state index contributed by atoms with van der Waals surface area (Å²) < 4.78 is 6.45. The topological polar surface area (TPSA) is 30.0 Å².